The number of esters is 1. The molecule has 3 rings (SSSR count). The standard InChI is InChI=1S/C29H39NO2Si/c1-8-32-29(31)28-26(19-20-33(21(2)3,22(4)5)23(6)7)30(28)27(24-15-11-9-12-16-24)25-17-13-10-14-18-25/h9-18,21-23,26-28H,8H2,1-7H3/t26-,28-,30?/m1/s1. The number of nitrogens with zero attached hydrogens (tertiary/aromatic N) is 1. The third-order valence-electron chi connectivity index (χ3n) is 7.21. The summed E-state index contributed by atoms with van der Waals surface area (Å²) in [6.45, 7) is 16.2. The molecule has 3 nitrogen and oxygen atoms in total. The molecule has 0 bridgehead atoms. The highest BCUT2D eigenvalue weighted by molar-refractivity contribution is 6.90. The van der Waals surface area contributed by atoms with Gasteiger partial charge in [-0.05, 0) is 34.7 Å². The summed E-state index contributed by atoms with van der Waals surface area (Å²) in [5.74, 6) is 3.47. The average Bonchev–Trinajstić information content (AvgIpc) is 3.49. The zero-order chi connectivity index (χ0) is 24.2. The van der Waals surface area contributed by atoms with Gasteiger partial charge in [0.05, 0.1) is 18.7 Å². The van der Waals surface area contributed by atoms with Gasteiger partial charge in [-0.25, -0.2) is 0 Å². The Labute approximate surface area is 201 Å². The molecular weight excluding hydrogens is 422 g/mol. The molecule has 4 heteroatoms. The van der Waals surface area contributed by atoms with Crippen LogP contribution in [0.15, 0.2) is 60.7 Å². The zero-order valence-electron chi connectivity index (χ0n) is 21.2. The zero-order valence-corrected chi connectivity index (χ0v) is 22.2. The lowest BCUT2D eigenvalue weighted by Crippen LogP contribution is -2.43. The van der Waals surface area contributed by atoms with E-state index in [1.54, 1.807) is 0 Å². The minimum Gasteiger partial charge on any atom is -0.465 e. The van der Waals surface area contributed by atoms with E-state index in [9.17, 15) is 4.79 Å². The minimum atomic E-state index is -1.90. The van der Waals surface area contributed by atoms with Crippen molar-refractivity contribution in [3.05, 3.63) is 71.8 Å². The smallest absolute Gasteiger partial charge is 0.326 e. The first-order valence-electron chi connectivity index (χ1n) is 12.3. The Morgan fingerprint density at radius 2 is 1.33 bits per heavy atom. The molecule has 1 aliphatic heterocycles. The van der Waals surface area contributed by atoms with E-state index in [-0.39, 0.29) is 24.1 Å². The molecule has 0 saturated carbocycles. The quantitative estimate of drug-likeness (QED) is 0.192. The van der Waals surface area contributed by atoms with E-state index in [0.29, 0.717) is 23.2 Å². The average molecular weight is 462 g/mol. The Morgan fingerprint density at radius 3 is 1.73 bits per heavy atom. The Bertz CT molecular complexity index is 914. The Kier molecular flexibility index (Phi) is 8.21. The molecular formula is C29H39NO2Si. The predicted molar refractivity (Wildman–Crippen MR) is 140 cm³/mol. The molecule has 176 valence electrons. The summed E-state index contributed by atoms with van der Waals surface area (Å²) in [6, 6.07) is 20.3. The number of benzene rings is 2. The topological polar surface area (TPSA) is 29.3 Å². The Balaban J connectivity index is 2.07. The van der Waals surface area contributed by atoms with Crippen LogP contribution < -0.4 is 0 Å². The number of rotatable bonds is 8. The van der Waals surface area contributed by atoms with Gasteiger partial charge >= 0.3 is 5.97 Å². The highest BCUT2D eigenvalue weighted by atomic mass is 28.3. The molecule has 0 aliphatic carbocycles. The molecule has 2 aromatic carbocycles. The third-order valence-corrected chi connectivity index (χ3v) is 13.5. The summed E-state index contributed by atoms with van der Waals surface area (Å²) < 4.78 is 5.49. The van der Waals surface area contributed by atoms with Crippen LogP contribution in [0.1, 0.15) is 65.6 Å². The van der Waals surface area contributed by atoms with E-state index in [1.165, 1.54) is 11.1 Å². The van der Waals surface area contributed by atoms with Crippen molar-refractivity contribution in [1.82, 2.24) is 4.90 Å². The van der Waals surface area contributed by atoms with Gasteiger partial charge in [0.25, 0.3) is 0 Å². The van der Waals surface area contributed by atoms with E-state index in [1.807, 2.05) is 19.1 Å². The van der Waals surface area contributed by atoms with Crippen LogP contribution in [0, 0.1) is 11.5 Å². The molecule has 0 N–H and O–H groups in total. The van der Waals surface area contributed by atoms with E-state index in [2.05, 4.69) is 106 Å². The lowest BCUT2D eigenvalue weighted by molar-refractivity contribution is -0.143. The second-order valence-corrected chi connectivity index (χ2v) is 15.6. The predicted octanol–water partition coefficient (Wildman–Crippen LogP) is 6.61. The van der Waals surface area contributed by atoms with Crippen LogP contribution in [0.3, 0.4) is 0 Å². The minimum absolute atomic E-state index is 0.0330. The highest BCUT2D eigenvalue weighted by Crippen LogP contribution is 2.44. The summed E-state index contributed by atoms with van der Waals surface area (Å²) in [4.78, 5) is 15.2. The van der Waals surface area contributed by atoms with Gasteiger partial charge in [0.15, 0.2) is 0 Å². The molecule has 1 heterocycles. The molecule has 2 aromatic rings. The van der Waals surface area contributed by atoms with Crippen molar-refractivity contribution in [2.75, 3.05) is 6.61 Å². The number of carbonyl (C=O) groups excluding carboxylic acids is 1. The maximum atomic E-state index is 13.0. The number of hydrogen-bond acceptors (Lipinski definition) is 3. The summed E-state index contributed by atoms with van der Waals surface area (Å²) in [5, 5.41) is 0. The van der Waals surface area contributed by atoms with Gasteiger partial charge in [0.1, 0.15) is 14.1 Å². The van der Waals surface area contributed by atoms with E-state index in [4.69, 9.17) is 4.74 Å². The normalized spacial score (nSPS) is 20.2. The Morgan fingerprint density at radius 1 is 0.879 bits per heavy atom. The fourth-order valence-corrected chi connectivity index (χ4v) is 10.9. The summed E-state index contributed by atoms with van der Waals surface area (Å²) in [7, 11) is -1.90. The first kappa shape index (κ1) is 25.3. The van der Waals surface area contributed by atoms with Crippen LogP contribution in [0.4, 0.5) is 0 Å². The van der Waals surface area contributed by atoms with Crippen molar-refractivity contribution in [3.63, 3.8) is 0 Å². The van der Waals surface area contributed by atoms with Gasteiger partial charge in [0, 0.05) is 0 Å². The Hall–Kier alpha value is -2.35. The van der Waals surface area contributed by atoms with Crippen molar-refractivity contribution >= 4 is 14.0 Å². The van der Waals surface area contributed by atoms with E-state index in [0.717, 1.165) is 0 Å². The lowest BCUT2D eigenvalue weighted by Gasteiger charge is -2.38. The van der Waals surface area contributed by atoms with Gasteiger partial charge in [-0.15, -0.1) is 5.54 Å². The molecule has 0 radical (unpaired) electrons. The summed E-state index contributed by atoms with van der Waals surface area (Å²) >= 11 is 0. The second kappa shape index (κ2) is 10.7. The van der Waals surface area contributed by atoms with Crippen LogP contribution >= 0.6 is 0 Å². The maximum absolute atomic E-state index is 13.0. The van der Waals surface area contributed by atoms with Crippen LogP contribution in [0.5, 0.6) is 0 Å². The molecule has 1 aliphatic rings. The maximum Gasteiger partial charge on any atom is 0.326 e. The van der Waals surface area contributed by atoms with Crippen molar-refractivity contribution in [1.29, 1.82) is 0 Å². The molecule has 3 atom stereocenters. The van der Waals surface area contributed by atoms with Crippen LogP contribution in [0.25, 0.3) is 0 Å². The van der Waals surface area contributed by atoms with Gasteiger partial charge in [-0.3, -0.25) is 9.69 Å². The largest absolute Gasteiger partial charge is 0.465 e. The first-order chi connectivity index (χ1) is 15.8. The molecule has 0 aromatic heterocycles. The molecule has 1 fully saturated rings. The van der Waals surface area contributed by atoms with Crippen LogP contribution in [-0.4, -0.2) is 37.6 Å². The van der Waals surface area contributed by atoms with Crippen molar-refractivity contribution in [2.45, 2.75) is 83.2 Å². The summed E-state index contributed by atoms with van der Waals surface area (Å²) in [6.07, 6.45) is 0. The lowest BCUT2D eigenvalue weighted by atomic mass is 9.98. The second-order valence-electron chi connectivity index (χ2n) is 9.98. The van der Waals surface area contributed by atoms with Crippen LogP contribution in [0.2, 0.25) is 16.6 Å². The molecule has 1 saturated heterocycles. The van der Waals surface area contributed by atoms with E-state index >= 15 is 0 Å². The summed E-state index contributed by atoms with van der Waals surface area (Å²) in [5.41, 5.74) is 7.84. The molecule has 1 unspecified atom stereocenters. The van der Waals surface area contributed by atoms with Gasteiger partial charge in [0.2, 0.25) is 0 Å². The number of carbonyl (C=O) groups is 1. The molecule has 0 spiro atoms. The van der Waals surface area contributed by atoms with Crippen LogP contribution in [-0.2, 0) is 9.53 Å². The fraction of sp³-hybridized carbons (Fsp3) is 0.483. The number of ether oxygens (including phenoxy) is 1. The third kappa shape index (κ3) is 5.10. The van der Waals surface area contributed by atoms with Crippen molar-refractivity contribution in [2.24, 2.45) is 0 Å². The van der Waals surface area contributed by atoms with Gasteiger partial charge < -0.3 is 4.74 Å². The van der Waals surface area contributed by atoms with Crippen molar-refractivity contribution in [3.8, 4) is 11.5 Å². The molecule has 33 heavy (non-hydrogen) atoms. The van der Waals surface area contributed by atoms with Gasteiger partial charge in [-0.2, -0.15) is 0 Å². The van der Waals surface area contributed by atoms with E-state index < -0.39 is 8.07 Å². The first-order valence-corrected chi connectivity index (χ1v) is 14.6. The van der Waals surface area contributed by atoms with Crippen molar-refractivity contribution < 1.29 is 9.53 Å². The SMILES string of the molecule is CCOC(=O)[C@H]1[C@@H](C#C[Si](C(C)C)(C(C)C)C(C)C)N1C(c1ccccc1)c1ccccc1. The monoisotopic (exact) mass is 461 g/mol. The molecule has 0 amide bonds. The fourth-order valence-electron chi connectivity index (χ4n) is 5.64. The van der Waals surface area contributed by atoms with Gasteiger partial charge in [-0.1, -0.05) is 108 Å². The highest BCUT2D eigenvalue weighted by Gasteiger charge is 2.57. The number of hydrogen-bond donors (Lipinski definition) is 0.